The molecule has 1 N–H and O–H groups in total. The first-order valence-electron chi connectivity index (χ1n) is 6.11. The van der Waals surface area contributed by atoms with Crippen molar-refractivity contribution in [2.75, 3.05) is 19.8 Å². The molecule has 1 amide bonds. The average Bonchev–Trinajstić information content (AvgIpc) is 2.91. The molecule has 1 fully saturated rings. The van der Waals surface area contributed by atoms with Crippen LogP contribution in [0.3, 0.4) is 0 Å². The van der Waals surface area contributed by atoms with Gasteiger partial charge >= 0.3 is 0 Å². The van der Waals surface area contributed by atoms with Gasteiger partial charge in [-0.2, -0.15) is 0 Å². The number of carbonyl (C=O) groups excluding carboxylic acids is 1. The Morgan fingerprint density at radius 3 is 2.95 bits per heavy atom. The molecule has 1 atom stereocenters. The van der Waals surface area contributed by atoms with Crippen molar-refractivity contribution >= 4 is 29.1 Å². The van der Waals surface area contributed by atoms with Crippen molar-refractivity contribution in [3.63, 3.8) is 0 Å². The van der Waals surface area contributed by atoms with Gasteiger partial charge < -0.3 is 14.8 Å². The lowest BCUT2D eigenvalue weighted by atomic mass is 10.2. The van der Waals surface area contributed by atoms with Crippen molar-refractivity contribution in [3.05, 3.63) is 28.2 Å². The number of carbonyl (C=O) groups is 1. The van der Waals surface area contributed by atoms with E-state index in [1.165, 1.54) is 0 Å². The molecule has 0 spiro atoms. The maximum absolute atomic E-state index is 11.6. The molecule has 19 heavy (non-hydrogen) atoms. The van der Waals surface area contributed by atoms with E-state index < -0.39 is 0 Å². The monoisotopic (exact) mass is 303 g/mol. The summed E-state index contributed by atoms with van der Waals surface area (Å²) in [4.78, 5) is 11.6. The van der Waals surface area contributed by atoms with Gasteiger partial charge in [-0.15, -0.1) is 0 Å². The van der Waals surface area contributed by atoms with Gasteiger partial charge in [0.1, 0.15) is 5.75 Å². The maximum atomic E-state index is 11.6. The molecule has 1 saturated heterocycles. The number of ether oxygens (including phenoxy) is 2. The summed E-state index contributed by atoms with van der Waals surface area (Å²) in [5.41, 5.74) is 0. The summed E-state index contributed by atoms with van der Waals surface area (Å²) in [6, 6.07) is 4.88. The predicted octanol–water partition coefficient (Wildman–Crippen LogP) is 2.67. The Balaban J connectivity index is 1.71. The van der Waals surface area contributed by atoms with Crippen LogP contribution in [0, 0.1) is 0 Å². The Morgan fingerprint density at radius 2 is 2.26 bits per heavy atom. The Morgan fingerprint density at radius 1 is 1.42 bits per heavy atom. The van der Waals surface area contributed by atoms with E-state index in [2.05, 4.69) is 5.32 Å². The van der Waals surface area contributed by atoms with E-state index in [1.54, 1.807) is 18.2 Å². The van der Waals surface area contributed by atoms with Crippen molar-refractivity contribution in [2.24, 2.45) is 0 Å². The molecular weight excluding hydrogens is 289 g/mol. The van der Waals surface area contributed by atoms with Gasteiger partial charge in [-0.25, -0.2) is 0 Å². The fourth-order valence-corrected chi connectivity index (χ4v) is 2.09. The lowest BCUT2D eigenvalue weighted by Gasteiger charge is -2.11. The van der Waals surface area contributed by atoms with Gasteiger partial charge in [0.05, 0.1) is 16.1 Å². The standard InChI is InChI=1S/C13H15Cl2NO3/c14-11-4-3-9(6-12(11)15)19-8-13(17)16-7-10-2-1-5-18-10/h3-4,6,10H,1-2,5,7-8H2,(H,16,17)/t10-/m1/s1. The van der Waals surface area contributed by atoms with Gasteiger partial charge in [0.2, 0.25) is 0 Å². The molecule has 0 unspecified atom stereocenters. The van der Waals surface area contributed by atoms with Crippen molar-refractivity contribution < 1.29 is 14.3 Å². The second-order valence-corrected chi connectivity index (χ2v) is 5.12. The van der Waals surface area contributed by atoms with Crippen LogP contribution in [0.15, 0.2) is 18.2 Å². The number of benzene rings is 1. The van der Waals surface area contributed by atoms with E-state index in [1.807, 2.05) is 0 Å². The second-order valence-electron chi connectivity index (χ2n) is 4.30. The summed E-state index contributed by atoms with van der Waals surface area (Å²) < 4.78 is 10.7. The van der Waals surface area contributed by atoms with Crippen LogP contribution in [0.25, 0.3) is 0 Å². The van der Waals surface area contributed by atoms with E-state index in [0.717, 1.165) is 19.4 Å². The quantitative estimate of drug-likeness (QED) is 0.910. The van der Waals surface area contributed by atoms with E-state index >= 15 is 0 Å². The van der Waals surface area contributed by atoms with Gasteiger partial charge in [0.25, 0.3) is 5.91 Å². The summed E-state index contributed by atoms with van der Waals surface area (Å²) in [5, 5.41) is 3.63. The maximum Gasteiger partial charge on any atom is 0.258 e. The number of nitrogens with one attached hydrogen (secondary N) is 1. The van der Waals surface area contributed by atoms with Crippen LogP contribution in [0.4, 0.5) is 0 Å². The normalized spacial score (nSPS) is 18.3. The Bertz CT molecular complexity index is 448. The van der Waals surface area contributed by atoms with E-state index in [0.29, 0.717) is 22.3 Å². The molecule has 2 rings (SSSR count). The minimum atomic E-state index is -0.179. The molecule has 0 aliphatic carbocycles. The first-order valence-corrected chi connectivity index (χ1v) is 6.87. The number of rotatable bonds is 5. The highest BCUT2D eigenvalue weighted by Crippen LogP contribution is 2.26. The van der Waals surface area contributed by atoms with E-state index in [4.69, 9.17) is 32.7 Å². The van der Waals surface area contributed by atoms with Crippen molar-refractivity contribution in [1.82, 2.24) is 5.32 Å². The zero-order chi connectivity index (χ0) is 13.7. The Labute approximate surface area is 122 Å². The summed E-state index contributed by atoms with van der Waals surface area (Å²) in [6.07, 6.45) is 2.18. The van der Waals surface area contributed by atoms with Crippen LogP contribution in [0.5, 0.6) is 5.75 Å². The molecule has 6 heteroatoms. The molecule has 0 radical (unpaired) electrons. The zero-order valence-electron chi connectivity index (χ0n) is 10.3. The molecule has 0 aromatic heterocycles. The topological polar surface area (TPSA) is 47.6 Å². The second kappa shape index (κ2) is 6.98. The fraction of sp³-hybridized carbons (Fsp3) is 0.462. The zero-order valence-corrected chi connectivity index (χ0v) is 11.8. The highest BCUT2D eigenvalue weighted by molar-refractivity contribution is 6.42. The molecule has 104 valence electrons. The first kappa shape index (κ1) is 14.4. The van der Waals surface area contributed by atoms with Crippen molar-refractivity contribution in [1.29, 1.82) is 0 Å². The summed E-state index contributed by atoms with van der Waals surface area (Å²) in [6.45, 7) is 1.26. The van der Waals surface area contributed by atoms with Gasteiger partial charge in [0.15, 0.2) is 6.61 Å². The number of hydrogen-bond donors (Lipinski definition) is 1. The molecule has 1 aliphatic heterocycles. The van der Waals surface area contributed by atoms with Crippen LogP contribution in [0.2, 0.25) is 10.0 Å². The largest absolute Gasteiger partial charge is 0.484 e. The Hall–Kier alpha value is -0.970. The van der Waals surface area contributed by atoms with Gasteiger partial charge in [-0.3, -0.25) is 4.79 Å². The van der Waals surface area contributed by atoms with E-state index in [-0.39, 0.29) is 18.6 Å². The molecule has 0 bridgehead atoms. The van der Waals surface area contributed by atoms with Gasteiger partial charge in [0, 0.05) is 19.2 Å². The van der Waals surface area contributed by atoms with Crippen LogP contribution in [-0.4, -0.2) is 31.8 Å². The fourth-order valence-electron chi connectivity index (χ4n) is 1.80. The van der Waals surface area contributed by atoms with Crippen LogP contribution >= 0.6 is 23.2 Å². The summed E-state index contributed by atoms with van der Waals surface area (Å²) in [5.74, 6) is 0.336. The minimum absolute atomic E-state index is 0.0509. The molecule has 1 aromatic rings. The van der Waals surface area contributed by atoms with Crippen LogP contribution < -0.4 is 10.1 Å². The average molecular weight is 304 g/mol. The number of halogens is 2. The summed E-state index contributed by atoms with van der Waals surface area (Å²) in [7, 11) is 0. The molecule has 1 heterocycles. The molecule has 1 aliphatic rings. The predicted molar refractivity (Wildman–Crippen MR) is 73.9 cm³/mol. The van der Waals surface area contributed by atoms with Crippen LogP contribution in [0.1, 0.15) is 12.8 Å². The SMILES string of the molecule is O=C(COc1ccc(Cl)c(Cl)c1)NC[C@H]1CCCO1. The Kier molecular flexibility index (Phi) is 5.31. The minimum Gasteiger partial charge on any atom is -0.484 e. The number of hydrogen-bond acceptors (Lipinski definition) is 3. The van der Waals surface area contributed by atoms with Gasteiger partial charge in [-0.05, 0) is 25.0 Å². The molecule has 4 nitrogen and oxygen atoms in total. The highest BCUT2D eigenvalue weighted by Gasteiger charge is 2.16. The highest BCUT2D eigenvalue weighted by atomic mass is 35.5. The number of amides is 1. The first-order chi connectivity index (χ1) is 9.15. The lowest BCUT2D eigenvalue weighted by molar-refractivity contribution is -0.123. The van der Waals surface area contributed by atoms with Gasteiger partial charge in [-0.1, -0.05) is 23.2 Å². The van der Waals surface area contributed by atoms with Crippen molar-refractivity contribution in [2.45, 2.75) is 18.9 Å². The third-order valence-corrected chi connectivity index (χ3v) is 3.55. The van der Waals surface area contributed by atoms with E-state index in [9.17, 15) is 4.79 Å². The molecular formula is C13H15Cl2NO3. The third-order valence-electron chi connectivity index (χ3n) is 2.81. The summed E-state index contributed by atoms with van der Waals surface area (Å²) >= 11 is 11.6. The molecule has 1 aromatic carbocycles. The van der Waals surface area contributed by atoms with Crippen molar-refractivity contribution in [3.8, 4) is 5.75 Å². The smallest absolute Gasteiger partial charge is 0.258 e. The molecule has 0 saturated carbocycles. The third kappa shape index (κ3) is 4.56. The van der Waals surface area contributed by atoms with Crippen LogP contribution in [-0.2, 0) is 9.53 Å². The lowest BCUT2D eigenvalue weighted by Crippen LogP contribution is -2.35.